The lowest BCUT2D eigenvalue weighted by Crippen LogP contribution is -2.41. The predicted octanol–water partition coefficient (Wildman–Crippen LogP) is 3.78. The van der Waals surface area contributed by atoms with Gasteiger partial charge in [-0.25, -0.2) is 9.67 Å². The number of para-hydroxylation sites is 1. The molecule has 1 aliphatic rings. The average molecular weight is 463 g/mol. The second kappa shape index (κ2) is 8.99. The van der Waals surface area contributed by atoms with E-state index in [-0.39, 0.29) is 23.6 Å². The summed E-state index contributed by atoms with van der Waals surface area (Å²) in [5, 5.41) is 13.1. The van der Waals surface area contributed by atoms with Crippen LogP contribution in [0.1, 0.15) is 29.2 Å². The molecular weight excluding hydrogens is 440 g/mol. The van der Waals surface area contributed by atoms with Crippen molar-refractivity contribution < 1.29 is 14.1 Å². The van der Waals surface area contributed by atoms with Crippen LogP contribution >= 0.6 is 11.3 Å². The zero-order chi connectivity index (χ0) is 22.8. The van der Waals surface area contributed by atoms with Gasteiger partial charge in [0.1, 0.15) is 5.76 Å². The average Bonchev–Trinajstić information content (AvgIpc) is 3.60. The van der Waals surface area contributed by atoms with Crippen molar-refractivity contribution in [1.82, 2.24) is 24.8 Å². The van der Waals surface area contributed by atoms with E-state index >= 15 is 0 Å². The minimum absolute atomic E-state index is 0.109. The van der Waals surface area contributed by atoms with E-state index in [1.54, 1.807) is 33.9 Å². The number of carbonyl (C=O) groups excluding carboxylic acids is 2. The van der Waals surface area contributed by atoms with Crippen LogP contribution in [0.2, 0.25) is 0 Å². The van der Waals surface area contributed by atoms with Gasteiger partial charge in [0.2, 0.25) is 11.7 Å². The fraction of sp³-hybridized carbons (Fsp3) is 0.261. The van der Waals surface area contributed by atoms with Crippen LogP contribution in [0.25, 0.3) is 16.4 Å². The molecule has 3 aromatic heterocycles. The number of nitrogens with one attached hydrogen (secondary N) is 1. The fourth-order valence-electron chi connectivity index (χ4n) is 3.86. The Morgan fingerprint density at radius 1 is 1.12 bits per heavy atom. The normalized spacial score (nSPS) is 14.4. The second-order valence-corrected chi connectivity index (χ2v) is 8.81. The number of hydrogen-bond donors (Lipinski definition) is 1. The van der Waals surface area contributed by atoms with E-state index in [0.717, 1.165) is 10.6 Å². The highest BCUT2D eigenvalue weighted by atomic mass is 32.1. The van der Waals surface area contributed by atoms with Crippen molar-refractivity contribution in [2.75, 3.05) is 18.4 Å². The Hall–Kier alpha value is -3.79. The van der Waals surface area contributed by atoms with Crippen LogP contribution in [0, 0.1) is 12.8 Å². The number of hydrogen-bond acceptors (Lipinski definition) is 7. The van der Waals surface area contributed by atoms with Crippen molar-refractivity contribution in [2.45, 2.75) is 19.8 Å². The Kier molecular flexibility index (Phi) is 5.74. The van der Waals surface area contributed by atoms with Gasteiger partial charge in [0, 0.05) is 25.1 Å². The third-order valence-corrected chi connectivity index (χ3v) is 6.44. The first-order valence-corrected chi connectivity index (χ1v) is 11.6. The standard InChI is InChI=1S/C23H22N6O3S/c1-15-14-19(27-32-15)24-22(30)16-9-11-28(12-10-16)23(31)20-25-21(18-8-5-13-33-18)29(26-20)17-6-3-2-4-7-17/h2-8,13-14,16H,9-12H2,1H3,(H,24,27,30). The summed E-state index contributed by atoms with van der Waals surface area (Å²) >= 11 is 1.55. The van der Waals surface area contributed by atoms with Crippen molar-refractivity contribution in [3.8, 4) is 16.4 Å². The lowest BCUT2D eigenvalue weighted by molar-refractivity contribution is -0.121. The molecule has 9 nitrogen and oxygen atoms in total. The Bertz CT molecular complexity index is 1260. The molecule has 0 spiro atoms. The number of nitrogens with zero attached hydrogens (tertiary/aromatic N) is 5. The topological polar surface area (TPSA) is 106 Å². The van der Waals surface area contributed by atoms with E-state index in [1.165, 1.54) is 0 Å². The van der Waals surface area contributed by atoms with Crippen molar-refractivity contribution in [1.29, 1.82) is 0 Å². The number of piperidine rings is 1. The quantitative estimate of drug-likeness (QED) is 0.484. The summed E-state index contributed by atoms with van der Waals surface area (Å²) < 4.78 is 6.70. The molecule has 1 aliphatic heterocycles. The second-order valence-electron chi connectivity index (χ2n) is 7.86. The van der Waals surface area contributed by atoms with Crippen molar-refractivity contribution >= 4 is 29.0 Å². The molecule has 1 saturated heterocycles. The Balaban J connectivity index is 1.30. The van der Waals surface area contributed by atoms with Gasteiger partial charge in [-0.05, 0) is 43.3 Å². The number of likely N-dealkylation sites (tertiary alicyclic amines) is 1. The van der Waals surface area contributed by atoms with Crippen LogP contribution in [-0.2, 0) is 4.79 Å². The Morgan fingerprint density at radius 2 is 1.91 bits per heavy atom. The summed E-state index contributed by atoms with van der Waals surface area (Å²) in [6, 6.07) is 15.2. The SMILES string of the molecule is Cc1cc(NC(=O)C2CCN(C(=O)c3nc(-c4cccs4)n(-c4ccccc4)n3)CC2)no1. The van der Waals surface area contributed by atoms with E-state index in [1.807, 2.05) is 47.8 Å². The van der Waals surface area contributed by atoms with Gasteiger partial charge in [-0.3, -0.25) is 9.59 Å². The maximum atomic E-state index is 13.2. The molecule has 4 heterocycles. The molecule has 0 unspecified atom stereocenters. The Labute approximate surface area is 194 Å². The summed E-state index contributed by atoms with van der Waals surface area (Å²) in [5.74, 6) is 1.31. The molecule has 33 heavy (non-hydrogen) atoms. The highest BCUT2D eigenvalue weighted by Gasteiger charge is 2.30. The van der Waals surface area contributed by atoms with Crippen LogP contribution in [0.15, 0.2) is 58.4 Å². The van der Waals surface area contributed by atoms with Gasteiger partial charge in [0.25, 0.3) is 5.91 Å². The third-order valence-electron chi connectivity index (χ3n) is 5.57. The molecule has 2 amide bonds. The van der Waals surface area contributed by atoms with Crippen LogP contribution < -0.4 is 5.32 Å². The van der Waals surface area contributed by atoms with Crippen LogP contribution in [-0.4, -0.2) is 49.7 Å². The number of aromatic nitrogens is 4. The molecule has 1 aromatic carbocycles. The molecule has 0 aliphatic carbocycles. The van der Waals surface area contributed by atoms with E-state index in [4.69, 9.17) is 4.52 Å². The zero-order valence-electron chi connectivity index (χ0n) is 18.0. The fourth-order valence-corrected chi connectivity index (χ4v) is 4.56. The number of rotatable bonds is 5. The van der Waals surface area contributed by atoms with E-state index in [0.29, 0.717) is 43.3 Å². The van der Waals surface area contributed by atoms with E-state index in [9.17, 15) is 9.59 Å². The largest absolute Gasteiger partial charge is 0.360 e. The van der Waals surface area contributed by atoms with Crippen LogP contribution in [0.4, 0.5) is 5.82 Å². The number of carbonyl (C=O) groups is 2. The molecule has 5 rings (SSSR count). The number of anilines is 1. The van der Waals surface area contributed by atoms with E-state index in [2.05, 4.69) is 20.6 Å². The molecule has 0 saturated carbocycles. The van der Waals surface area contributed by atoms with Crippen LogP contribution in [0.5, 0.6) is 0 Å². The lowest BCUT2D eigenvalue weighted by atomic mass is 9.96. The molecule has 0 atom stereocenters. The highest BCUT2D eigenvalue weighted by Crippen LogP contribution is 2.27. The molecule has 4 aromatic rings. The maximum absolute atomic E-state index is 13.2. The maximum Gasteiger partial charge on any atom is 0.293 e. The molecule has 1 N–H and O–H groups in total. The number of amides is 2. The van der Waals surface area contributed by atoms with Gasteiger partial charge in [-0.15, -0.1) is 16.4 Å². The zero-order valence-corrected chi connectivity index (χ0v) is 18.8. The smallest absolute Gasteiger partial charge is 0.293 e. The Morgan fingerprint density at radius 3 is 2.58 bits per heavy atom. The number of thiophene rings is 1. The van der Waals surface area contributed by atoms with Gasteiger partial charge < -0.3 is 14.7 Å². The van der Waals surface area contributed by atoms with Gasteiger partial charge in [-0.1, -0.05) is 29.4 Å². The first-order valence-electron chi connectivity index (χ1n) is 10.7. The molecule has 0 radical (unpaired) electrons. The van der Waals surface area contributed by atoms with Gasteiger partial charge in [0.05, 0.1) is 10.6 Å². The summed E-state index contributed by atoms with van der Waals surface area (Å²) in [5.41, 5.74) is 0.839. The van der Waals surface area contributed by atoms with E-state index < -0.39 is 0 Å². The molecule has 168 valence electrons. The molecule has 0 bridgehead atoms. The number of aryl methyl sites for hydroxylation is 1. The first kappa shape index (κ1) is 21.1. The minimum atomic E-state index is -0.228. The minimum Gasteiger partial charge on any atom is -0.360 e. The summed E-state index contributed by atoms with van der Waals surface area (Å²) in [6.45, 7) is 2.69. The molecule has 1 fully saturated rings. The molecular formula is C23H22N6O3S. The van der Waals surface area contributed by atoms with Crippen molar-refractivity contribution in [3.63, 3.8) is 0 Å². The third kappa shape index (κ3) is 4.42. The number of benzene rings is 1. The predicted molar refractivity (Wildman–Crippen MR) is 123 cm³/mol. The molecule has 10 heteroatoms. The van der Waals surface area contributed by atoms with Crippen molar-refractivity contribution in [2.24, 2.45) is 5.92 Å². The van der Waals surface area contributed by atoms with Crippen LogP contribution in [0.3, 0.4) is 0 Å². The summed E-state index contributed by atoms with van der Waals surface area (Å²) in [6.07, 6.45) is 1.12. The summed E-state index contributed by atoms with van der Waals surface area (Å²) in [4.78, 5) is 33.0. The van der Waals surface area contributed by atoms with Gasteiger partial charge >= 0.3 is 0 Å². The van der Waals surface area contributed by atoms with Crippen molar-refractivity contribution in [3.05, 3.63) is 65.5 Å². The van der Waals surface area contributed by atoms with Gasteiger partial charge in [-0.2, -0.15) is 0 Å². The van der Waals surface area contributed by atoms with Gasteiger partial charge in [0.15, 0.2) is 11.6 Å². The summed E-state index contributed by atoms with van der Waals surface area (Å²) in [7, 11) is 0. The highest BCUT2D eigenvalue weighted by molar-refractivity contribution is 7.13. The lowest BCUT2D eigenvalue weighted by Gasteiger charge is -2.30. The monoisotopic (exact) mass is 462 g/mol. The first-order chi connectivity index (χ1) is 16.1.